The Morgan fingerprint density at radius 3 is 3.17 bits per heavy atom. The van der Waals surface area contributed by atoms with Gasteiger partial charge in [-0.15, -0.1) is 0 Å². The van der Waals surface area contributed by atoms with E-state index in [0.717, 1.165) is 31.8 Å². The highest BCUT2D eigenvalue weighted by Gasteiger charge is 2.23. The third-order valence-corrected chi connectivity index (χ3v) is 3.16. The van der Waals surface area contributed by atoms with Gasteiger partial charge in [-0.3, -0.25) is 0 Å². The standard InChI is InChI=1S/C12H22N4O2/c1-10-3-4-11(18-10)8-16-12(14-9-15-16)7-13-5-6-17-2/h9-11,13H,3-8H2,1-2H3. The van der Waals surface area contributed by atoms with E-state index in [0.29, 0.717) is 19.3 Å². The highest BCUT2D eigenvalue weighted by molar-refractivity contribution is 4.85. The van der Waals surface area contributed by atoms with E-state index in [-0.39, 0.29) is 6.10 Å². The number of aromatic nitrogens is 3. The minimum absolute atomic E-state index is 0.277. The maximum atomic E-state index is 5.80. The van der Waals surface area contributed by atoms with E-state index in [4.69, 9.17) is 9.47 Å². The van der Waals surface area contributed by atoms with Gasteiger partial charge < -0.3 is 14.8 Å². The van der Waals surface area contributed by atoms with Gasteiger partial charge in [-0.25, -0.2) is 9.67 Å². The fraction of sp³-hybridized carbons (Fsp3) is 0.833. The molecule has 18 heavy (non-hydrogen) atoms. The minimum atomic E-state index is 0.277. The van der Waals surface area contributed by atoms with E-state index in [2.05, 4.69) is 22.3 Å². The maximum absolute atomic E-state index is 5.80. The monoisotopic (exact) mass is 254 g/mol. The molecule has 0 saturated carbocycles. The third-order valence-electron chi connectivity index (χ3n) is 3.16. The smallest absolute Gasteiger partial charge is 0.140 e. The number of rotatable bonds is 7. The van der Waals surface area contributed by atoms with Gasteiger partial charge in [-0.05, 0) is 19.8 Å². The molecule has 6 heteroatoms. The zero-order valence-corrected chi connectivity index (χ0v) is 11.1. The normalized spacial score (nSPS) is 23.7. The van der Waals surface area contributed by atoms with Crippen LogP contribution in [-0.2, 0) is 22.6 Å². The summed E-state index contributed by atoms with van der Waals surface area (Å²) in [4.78, 5) is 4.27. The van der Waals surface area contributed by atoms with Crippen molar-refractivity contribution in [1.82, 2.24) is 20.1 Å². The summed E-state index contributed by atoms with van der Waals surface area (Å²) in [6.07, 6.45) is 4.51. The first-order chi connectivity index (χ1) is 8.79. The lowest BCUT2D eigenvalue weighted by Crippen LogP contribution is -2.24. The summed E-state index contributed by atoms with van der Waals surface area (Å²) in [5, 5.41) is 7.53. The Bertz CT molecular complexity index is 356. The van der Waals surface area contributed by atoms with Crippen LogP contribution < -0.4 is 5.32 Å². The van der Waals surface area contributed by atoms with E-state index in [9.17, 15) is 0 Å². The van der Waals surface area contributed by atoms with E-state index in [1.807, 2.05) is 4.68 Å². The van der Waals surface area contributed by atoms with Crippen LogP contribution >= 0.6 is 0 Å². The van der Waals surface area contributed by atoms with E-state index < -0.39 is 0 Å². The zero-order chi connectivity index (χ0) is 12.8. The largest absolute Gasteiger partial charge is 0.383 e. The molecular weight excluding hydrogens is 232 g/mol. The molecule has 2 unspecified atom stereocenters. The molecule has 1 aliphatic heterocycles. The first-order valence-corrected chi connectivity index (χ1v) is 6.51. The Morgan fingerprint density at radius 2 is 2.44 bits per heavy atom. The van der Waals surface area contributed by atoms with Crippen molar-refractivity contribution in [3.8, 4) is 0 Å². The summed E-state index contributed by atoms with van der Waals surface area (Å²) in [7, 11) is 1.70. The van der Waals surface area contributed by atoms with Crippen molar-refractivity contribution in [2.45, 2.75) is 45.1 Å². The van der Waals surface area contributed by atoms with Crippen LogP contribution in [-0.4, -0.2) is 47.2 Å². The fourth-order valence-electron chi connectivity index (χ4n) is 2.16. The fourth-order valence-corrected chi connectivity index (χ4v) is 2.16. The molecule has 1 fully saturated rings. The molecule has 1 aliphatic rings. The number of ether oxygens (including phenoxy) is 2. The number of nitrogens with zero attached hydrogens (tertiary/aromatic N) is 3. The van der Waals surface area contributed by atoms with Gasteiger partial charge in [0.15, 0.2) is 0 Å². The first-order valence-electron chi connectivity index (χ1n) is 6.51. The lowest BCUT2D eigenvalue weighted by atomic mass is 10.2. The van der Waals surface area contributed by atoms with Crippen LogP contribution in [0.1, 0.15) is 25.6 Å². The van der Waals surface area contributed by atoms with Crippen LogP contribution in [0.3, 0.4) is 0 Å². The molecule has 0 spiro atoms. The van der Waals surface area contributed by atoms with E-state index >= 15 is 0 Å². The molecule has 2 heterocycles. The van der Waals surface area contributed by atoms with Crippen LogP contribution in [0, 0.1) is 0 Å². The van der Waals surface area contributed by atoms with Gasteiger partial charge in [0, 0.05) is 13.7 Å². The summed E-state index contributed by atoms with van der Waals surface area (Å²) in [5.74, 6) is 0.953. The van der Waals surface area contributed by atoms with Gasteiger partial charge in [0.25, 0.3) is 0 Å². The molecule has 1 aromatic heterocycles. The topological polar surface area (TPSA) is 61.2 Å². The van der Waals surface area contributed by atoms with E-state index in [1.54, 1.807) is 13.4 Å². The predicted molar refractivity (Wildman–Crippen MR) is 67.2 cm³/mol. The first kappa shape index (κ1) is 13.5. The van der Waals surface area contributed by atoms with Crippen LogP contribution in [0.15, 0.2) is 6.33 Å². The minimum Gasteiger partial charge on any atom is -0.383 e. The molecule has 0 aliphatic carbocycles. The molecule has 0 radical (unpaired) electrons. The van der Waals surface area contributed by atoms with Crippen LogP contribution in [0.5, 0.6) is 0 Å². The summed E-state index contributed by atoms with van der Waals surface area (Å²) in [6.45, 7) is 5.16. The highest BCUT2D eigenvalue weighted by atomic mass is 16.5. The van der Waals surface area contributed by atoms with Crippen molar-refractivity contribution in [1.29, 1.82) is 0 Å². The van der Waals surface area contributed by atoms with Crippen molar-refractivity contribution in [3.63, 3.8) is 0 Å². The van der Waals surface area contributed by atoms with Gasteiger partial charge in [0.05, 0.1) is 31.9 Å². The lowest BCUT2D eigenvalue weighted by Gasteiger charge is -2.13. The predicted octanol–water partition coefficient (Wildman–Crippen LogP) is 0.582. The van der Waals surface area contributed by atoms with Crippen molar-refractivity contribution in [2.75, 3.05) is 20.3 Å². The maximum Gasteiger partial charge on any atom is 0.140 e. The molecule has 1 N–H and O–H groups in total. The van der Waals surface area contributed by atoms with Gasteiger partial charge in [0.2, 0.25) is 0 Å². The molecule has 2 atom stereocenters. The van der Waals surface area contributed by atoms with Gasteiger partial charge in [0.1, 0.15) is 12.2 Å². The number of methoxy groups -OCH3 is 1. The second kappa shape index (κ2) is 6.82. The van der Waals surface area contributed by atoms with Gasteiger partial charge >= 0.3 is 0 Å². The average molecular weight is 254 g/mol. The van der Waals surface area contributed by atoms with Crippen LogP contribution in [0.25, 0.3) is 0 Å². The second-order valence-corrected chi connectivity index (χ2v) is 4.67. The van der Waals surface area contributed by atoms with Gasteiger partial charge in [-0.2, -0.15) is 5.10 Å². The molecule has 2 rings (SSSR count). The van der Waals surface area contributed by atoms with Gasteiger partial charge in [-0.1, -0.05) is 0 Å². The molecule has 102 valence electrons. The molecule has 0 bridgehead atoms. The Balaban J connectivity index is 1.79. The Hall–Kier alpha value is -0.980. The summed E-state index contributed by atoms with van der Waals surface area (Å²) in [5.41, 5.74) is 0. The Labute approximate surface area is 108 Å². The van der Waals surface area contributed by atoms with Crippen molar-refractivity contribution >= 4 is 0 Å². The molecule has 0 amide bonds. The SMILES string of the molecule is COCCNCc1ncnn1CC1CCC(C)O1. The highest BCUT2D eigenvalue weighted by Crippen LogP contribution is 2.20. The van der Waals surface area contributed by atoms with Crippen LogP contribution in [0.2, 0.25) is 0 Å². The Morgan fingerprint density at radius 1 is 1.56 bits per heavy atom. The summed E-state index contributed by atoms with van der Waals surface area (Å²) >= 11 is 0. The zero-order valence-electron chi connectivity index (χ0n) is 11.1. The van der Waals surface area contributed by atoms with Crippen molar-refractivity contribution < 1.29 is 9.47 Å². The van der Waals surface area contributed by atoms with Crippen LogP contribution in [0.4, 0.5) is 0 Å². The molecule has 6 nitrogen and oxygen atoms in total. The number of hydrogen-bond acceptors (Lipinski definition) is 5. The molecular formula is C12H22N4O2. The number of nitrogens with one attached hydrogen (secondary N) is 1. The molecule has 1 aromatic rings. The Kier molecular flexibility index (Phi) is 5.10. The van der Waals surface area contributed by atoms with Crippen molar-refractivity contribution in [2.24, 2.45) is 0 Å². The van der Waals surface area contributed by atoms with E-state index in [1.165, 1.54) is 0 Å². The quantitative estimate of drug-likeness (QED) is 0.721. The third kappa shape index (κ3) is 3.76. The van der Waals surface area contributed by atoms with Crippen molar-refractivity contribution in [3.05, 3.63) is 12.2 Å². The summed E-state index contributed by atoms with van der Waals surface area (Å²) in [6, 6.07) is 0. The average Bonchev–Trinajstić information content (AvgIpc) is 2.95. The second-order valence-electron chi connectivity index (χ2n) is 4.67. The number of hydrogen-bond donors (Lipinski definition) is 1. The molecule has 1 saturated heterocycles. The summed E-state index contributed by atoms with van der Waals surface area (Å²) < 4.78 is 12.7. The lowest BCUT2D eigenvalue weighted by molar-refractivity contribution is 0.0430. The molecule has 0 aromatic carbocycles.